The lowest BCUT2D eigenvalue weighted by Crippen LogP contribution is -1.99. The summed E-state index contributed by atoms with van der Waals surface area (Å²) in [7, 11) is 0. The lowest BCUT2D eigenvalue weighted by molar-refractivity contribution is -0.132. The Morgan fingerprint density at radius 3 is 1.74 bits per heavy atom. The van der Waals surface area contributed by atoms with Crippen molar-refractivity contribution < 1.29 is 9.90 Å². The summed E-state index contributed by atoms with van der Waals surface area (Å²) in [6.07, 6.45) is 33.5. The van der Waals surface area contributed by atoms with Gasteiger partial charge in [-0.25, -0.2) is 4.79 Å². The molecule has 0 saturated carbocycles. The molecule has 0 bridgehead atoms. The van der Waals surface area contributed by atoms with Gasteiger partial charge in [0, 0.05) is 5.57 Å². The van der Waals surface area contributed by atoms with Crippen LogP contribution in [0.15, 0.2) is 72.4 Å². The van der Waals surface area contributed by atoms with E-state index in [9.17, 15) is 4.79 Å². The molecule has 0 aromatic rings. The Kier molecular flexibility index (Phi) is 18.7. The summed E-state index contributed by atoms with van der Waals surface area (Å²) >= 11 is 0. The van der Waals surface area contributed by atoms with Crippen LogP contribution in [0.25, 0.3) is 0 Å². The van der Waals surface area contributed by atoms with Crippen molar-refractivity contribution in [1.29, 1.82) is 0 Å². The molecule has 150 valence electrons. The topological polar surface area (TPSA) is 37.3 Å². The van der Waals surface area contributed by atoms with E-state index >= 15 is 0 Å². The molecule has 0 amide bonds. The predicted molar refractivity (Wildman–Crippen MR) is 119 cm³/mol. The van der Waals surface area contributed by atoms with Gasteiger partial charge in [-0.1, -0.05) is 126 Å². The number of rotatable bonds is 16. The van der Waals surface area contributed by atoms with Gasteiger partial charge in [-0.2, -0.15) is 0 Å². The third-order valence-corrected chi connectivity index (χ3v) is 4.09. The Labute approximate surface area is 166 Å². The second kappa shape index (κ2) is 20.2. The highest BCUT2D eigenvalue weighted by molar-refractivity contribution is 5.86. The van der Waals surface area contributed by atoms with Crippen molar-refractivity contribution in [3.05, 3.63) is 72.4 Å². The molecule has 2 heteroatoms. The summed E-state index contributed by atoms with van der Waals surface area (Å²) in [4.78, 5) is 11.0. The monoisotopic (exact) mass is 370 g/mol. The van der Waals surface area contributed by atoms with Crippen LogP contribution in [0, 0.1) is 0 Å². The minimum Gasteiger partial charge on any atom is -0.478 e. The molecule has 0 aromatic carbocycles. The van der Waals surface area contributed by atoms with Gasteiger partial charge in [0.15, 0.2) is 0 Å². The number of unbranched alkanes of at least 4 members (excludes halogenated alkanes) is 7. The zero-order chi connectivity index (χ0) is 20.0. The van der Waals surface area contributed by atoms with Crippen LogP contribution in [0.4, 0.5) is 0 Å². The maximum absolute atomic E-state index is 11.0. The number of allylic oxidation sites excluding steroid dienone is 11. The van der Waals surface area contributed by atoms with E-state index in [4.69, 9.17) is 5.11 Å². The third kappa shape index (κ3) is 18.5. The minimum absolute atomic E-state index is 0.448. The van der Waals surface area contributed by atoms with Crippen LogP contribution in [-0.4, -0.2) is 11.1 Å². The third-order valence-electron chi connectivity index (χ3n) is 4.09. The van der Waals surface area contributed by atoms with E-state index in [0.717, 1.165) is 12.8 Å². The molecular weight excluding hydrogens is 332 g/mol. The highest BCUT2D eigenvalue weighted by atomic mass is 16.4. The first-order valence-electron chi connectivity index (χ1n) is 10.5. The normalized spacial score (nSPS) is 13.3. The molecule has 0 fully saturated rings. The van der Waals surface area contributed by atoms with Crippen molar-refractivity contribution in [3.63, 3.8) is 0 Å². The molecule has 1 N–H and O–H groups in total. The number of carboxylic acids is 1. The maximum Gasteiger partial charge on any atom is 0.331 e. The summed E-state index contributed by atoms with van der Waals surface area (Å²) in [6, 6.07) is 0. The number of carboxylic acid groups (broad SMARTS) is 1. The van der Waals surface area contributed by atoms with Crippen LogP contribution in [0.2, 0.25) is 0 Å². The van der Waals surface area contributed by atoms with Gasteiger partial charge >= 0.3 is 5.97 Å². The Hall–Kier alpha value is -2.09. The molecular formula is C25H38O2. The second-order valence-corrected chi connectivity index (χ2v) is 6.62. The number of aliphatic carboxylic acids is 1. The summed E-state index contributed by atoms with van der Waals surface area (Å²) in [6.45, 7) is 4.23. The molecule has 0 aliphatic heterocycles. The Balaban J connectivity index is 3.82. The van der Waals surface area contributed by atoms with Crippen molar-refractivity contribution >= 4 is 5.97 Å². The molecule has 0 radical (unpaired) electrons. The van der Waals surface area contributed by atoms with Crippen LogP contribution in [0.5, 0.6) is 0 Å². The second-order valence-electron chi connectivity index (χ2n) is 6.62. The lowest BCUT2D eigenvalue weighted by atomic mass is 10.1. The number of carbonyl (C=O) groups is 1. The number of hydrogen-bond donors (Lipinski definition) is 1. The van der Waals surface area contributed by atoms with Gasteiger partial charge in [0.25, 0.3) is 0 Å². The predicted octanol–water partition coefficient (Wildman–Crippen LogP) is 7.72. The van der Waals surface area contributed by atoms with Gasteiger partial charge in [-0.15, -0.1) is 0 Å². The Morgan fingerprint density at radius 1 is 0.667 bits per heavy atom. The highest BCUT2D eigenvalue weighted by Gasteiger charge is 2.02. The van der Waals surface area contributed by atoms with Crippen molar-refractivity contribution in [1.82, 2.24) is 0 Å². The molecule has 0 aromatic heterocycles. The molecule has 0 saturated heterocycles. The maximum atomic E-state index is 11.0. The molecule has 0 unspecified atom stereocenters. The summed E-state index contributed by atoms with van der Waals surface area (Å²) in [5, 5.41) is 9.00. The molecule has 0 heterocycles. The van der Waals surface area contributed by atoms with Gasteiger partial charge < -0.3 is 5.11 Å². The largest absolute Gasteiger partial charge is 0.478 e. The first-order chi connectivity index (χ1) is 13.2. The first-order valence-corrected chi connectivity index (χ1v) is 10.5. The zero-order valence-corrected chi connectivity index (χ0v) is 17.3. The fourth-order valence-electron chi connectivity index (χ4n) is 2.55. The highest BCUT2D eigenvalue weighted by Crippen LogP contribution is 2.08. The fraction of sp³-hybridized carbons (Fsp3) is 0.480. The van der Waals surface area contributed by atoms with Crippen LogP contribution in [0.3, 0.4) is 0 Å². The Morgan fingerprint density at radius 2 is 1.19 bits per heavy atom. The smallest absolute Gasteiger partial charge is 0.331 e. The Bertz CT molecular complexity index is 531. The van der Waals surface area contributed by atoms with Crippen LogP contribution >= 0.6 is 0 Å². The van der Waals surface area contributed by atoms with E-state index in [-0.39, 0.29) is 0 Å². The average Bonchev–Trinajstić information content (AvgIpc) is 2.66. The first kappa shape index (κ1) is 24.9. The van der Waals surface area contributed by atoms with E-state index in [1.165, 1.54) is 44.9 Å². The van der Waals surface area contributed by atoms with Crippen molar-refractivity contribution in [3.8, 4) is 0 Å². The fourth-order valence-corrected chi connectivity index (χ4v) is 2.55. The van der Waals surface area contributed by atoms with Crippen molar-refractivity contribution in [2.45, 2.75) is 78.1 Å². The zero-order valence-electron chi connectivity index (χ0n) is 17.3. The van der Waals surface area contributed by atoms with Gasteiger partial charge in [-0.05, 0) is 19.3 Å². The molecule has 0 rings (SSSR count). The van der Waals surface area contributed by atoms with Crippen molar-refractivity contribution in [2.24, 2.45) is 0 Å². The van der Waals surface area contributed by atoms with Crippen LogP contribution < -0.4 is 0 Å². The number of hydrogen-bond acceptors (Lipinski definition) is 1. The van der Waals surface area contributed by atoms with Gasteiger partial charge in [0.1, 0.15) is 0 Å². The average molecular weight is 371 g/mol. The SMILES string of the molecule is CCCCCCCCCC=CC=CC=CC=CC=CC=C(CCC)C(=O)O. The molecule has 0 spiro atoms. The quantitative estimate of drug-likeness (QED) is 0.171. The van der Waals surface area contributed by atoms with Crippen LogP contribution in [0.1, 0.15) is 78.1 Å². The van der Waals surface area contributed by atoms with E-state index in [1.807, 2.05) is 49.5 Å². The molecule has 0 aliphatic carbocycles. The minimum atomic E-state index is -0.837. The van der Waals surface area contributed by atoms with E-state index in [2.05, 4.69) is 19.1 Å². The van der Waals surface area contributed by atoms with Crippen LogP contribution in [-0.2, 0) is 4.79 Å². The summed E-state index contributed by atoms with van der Waals surface area (Å²) in [5.41, 5.74) is 0.448. The van der Waals surface area contributed by atoms with Gasteiger partial charge in [0.05, 0.1) is 0 Å². The lowest BCUT2D eigenvalue weighted by Gasteiger charge is -1.98. The molecule has 0 aliphatic rings. The van der Waals surface area contributed by atoms with E-state index in [0.29, 0.717) is 12.0 Å². The standard InChI is InChI=1S/C25H38O2/c1-3-5-6-7-8-9-10-11-12-13-14-15-16-17-18-19-20-21-23-24(22-4-2)25(26)27/h12-21,23H,3-11,22H2,1-2H3,(H,26,27). The molecule has 27 heavy (non-hydrogen) atoms. The van der Waals surface area contributed by atoms with Gasteiger partial charge in [-0.3, -0.25) is 0 Å². The molecule has 2 nitrogen and oxygen atoms in total. The van der Waals surface area contributed by atoms with Crippen molar-refractivity contribution in [2.75, 3.05) is 0 Å². The summed E-state index contributed by atoms with van der Waals surface area (Å²) in [5.74, 6) is -0.837. The molecule has 0 atom stereocenters. The van der Waals surface area contributed by atoms with E-state index in [1.54, 1.807) is 12.2 Å². The van der Waals surface area contributed by atoms with E-state index < -0.39 is 5.97 Å². The summed E-state index contributed by atoms with van der Waals surface area (Å²) < 4.78 is 0. The van der Waals surface area contributed by atoms with Gasteiger partial charge in [0.2, 0.25) is 0 Å².